The van der Waals surface area contributed by atoms with Gasteiger partial charge >= 0.3 is 30.2 Å². The van der Waals surface area contributed by atoms with Crippen LogP contribution in [0.2, 0.25) is 0 Å². The number of fused-ring (bicyclic) bond motifs is 3. The lowest BCUT2D eigenvalue weighted by Gasteiger charge is -2.60. The number of hydrogen-bond acceptors (Lipinski definition) is 2. The maximum atomic E-state index is 12.9. The predicted octanol–water partition coefficient (Wildman–Crippen LogP) is 2.88. The van der Waals surface area contributed by atoms with Crippen LogP contribution in [-0.2, 0) is 0 Å². The van der Waals surface area contributed by atoms with E-state index in [9.17, 15) is 48.3 Å². The van der Waals surface area contributed by atoms with E-state index in [-0.39, 0.29) is 0 Å². The van der Waals surface area contributed by atoms with Gasteiger partial charge in [-0.2, -0.15) is 43.9 Å². The molecule has 0 aromatic carbocycles. The fourth-order valence-corrected chi connectivity index (χ4v) is 1.83. The summed E-state index contributed by atoms with van der Waals surface area (Å²) < 4.78 is 141. The number of halogens is 11. The largest absolute Gasteiger partial charge is 0.392 e. The molecule has 112 valence electrons. The van der Waals surface area contributed by atoms with E-state index in [1.807, 2.05) is 0 Å². The van der Waals surface area contributed by atoms with Gasteiger partial charge in [0.05, 0.1) is 0 Å². The van der Waals surface area contributed by atoms with Gasteiger partial charge in [0.15, 0.2) is 0 Å². The number of hydrogen-bond donors (Lipinski definition) is 0. The molecule has 3 saturated heterocycles. The molecular formula is C6HF11N2. The fourth-order valence-electron chi connectivity index (χ4n) is 1.83. The molecule has 0 saturated carbocycles. The van der Waals surface area contributed by atoms with E-state index >= 15 is 0 Å². The summed E-state index contributed by atoms with van der Waals surface area (Å²) in [6, 6.07) is -31.2. The van der Waals surface area contributed by atoms with Gasteiger partial charge in [-0.05, 0) is 0 Å². The van der Waals surface area contributed by atoms with Gasteiger partial charge in [0.1, 0.15) is 0 Å². The zero-order chi connectivity index (χ0) is 15.2. The quantitative estimate of drug-likeness (QED) is 0.501. The van der Waals surface area contributed by atoms with E-state index in [4.69, 9.17) is 0 Å². The predicted molar refractivity (Wildman–Crippen MR) is 33.3 cm³/mol. The number of nitrogens with zero attached hydrogens (tertiary/aromatic N) is 2. The Hall–Kier alpha value is -0.850. The highest BCUT2D eigenvalue weighted by molar-refractivity contribution is 5.12. The van der Waals surface area contributed by atoms with Gasteiger partial charge in [0.2, 0.25) is 6.30 Å². The Morgan fingerprint density at radius 1 is 0.579 bits per heavy atom. The molecule has 3 aliphatic rings. The lowest BCUT2D eigenvalue weighted by Crippen LogP contribution is -2.91. The second kappa shape index (κ2) is 3.07. The highest BCUT2D eigenvalue weighted by Crippen LogP contribution is 2.66. The first-order chi connectivity index (χ1) is 8.14. The minimum atomic E-state index is -6.40. The fraction of sp³-hybridized carbons (Fsp3) is 1.00. The van der Waals surface area contributed by atoms with Gasteiger partial charge in [0.25, 0.3) is 0 Å². The van der Waals surface area contributed by atoms with Crippen LogP contribution in [0, 0.1) is 0 Å². The molecule has 2 nitrogen and oxygen atoms in total. The maximum absolute atomic E-state index is 12.9. The van der Waals surface area contributed by atoms with Crippen LogP contribution in [-0.4, -0.2) is 46.3 Å². The van der Waals surface area contributed by atoms with Gasteiger partial charge in [-0.25, -0.2) is 4.39 Å². The van der Waals surface area contributed by atoms with Crippen molar-refractivity contribution in [2.45, 2.75) is 36.5 Å². The molecule has 19 heavy (non-hydrogen) atoms. The first-order valence-electron chi connectivity index (χ1n) is 4.27. The summed E-state index contributed by atoms with van der Waals surface area (Å²) in [5.74, 6) is 0. The Balaban J connectivity index is 2.78. The van der Waals surface area contributed by atoms with Crippen molar-refractivity contribution in [2.24, 2.45) is 0 Å². The van der Waals surface area contributed by atoms with Crippen LogP contribution in [0.3, 0.4) is 0 Å². The van der Waals surface area contributed by atoms with E-state index in [2.05, 4.69) is 0 Å². The molecule has 0 amide bonds. The molecule has 0 aliphatic carbocycles. The van der Waals surface area contributed by atoms with Crippen LogP contribution in [0.15, 0.2) is 0 Å². The minimum absolute atomic E-state index is 2.79. The van der Waals surface area contributed by atoms with Crippen molar-refractivity contribution in [3.05, 3.63) is 0 Å². The molecule has 1 atom stereocenters. The molecule has 2 bridgehead atoms. The van der Waals surface area contributed by atoms with E-state index in [0.717, 1.165) is 0 Å². The molecule has 3 rings (SSSR count). The molecular weight excluding hydrogens is 309 g/mol. The standard InChI is InChI=1S/C6HF11N2/c7-1-2(8,9)19-5(14,15)3(10,11)18(1)4(12,13)6(19,16)17/h1H. The second-order valence-corrected chi connectivity index (χ2v) is 3.79. The van der Waals surface area contributed by atoms with E-state index in [0.29, 0.717) is 0 Å². The van der Waals surface area contributed by atoms with Gasteiger partial charge in [-0.1, -0.05) is 0 Å². The van der Waals surface area contributed by atoms with Crippen molar-refractivity contribution < 1.29 is 48.3 Å². The molecule has 0 N–H and O–H groups in total. The average molecular weight is 310 g/mol. The normalized spacial score (nSPS) is 44.1. The van der Waals surface area contributed by atoms with Gasteiger partial charge < -0.3 is 0 Å². The number of alkyl halides is 11. The second-order valence-electron chi connectivity index (χ2n) is 3.79. The summed E-state index contributed by atoms with van der Waals surface area (Å²) in [5, 5.41) is 0. The van der Waals surface area contributed by atoms with E-state index in [1.165, 1.54) is 0 Å². The molecule has 3 aliphatic heterocycles. The third-order valence-corrected chi connectivity index (χ3v) is 2.70. The molecule has 0 radical (unpaired) electrons. The van der Waals surface area contributed by atoms with Crippen molar-refractivity contribution in [3.63, 3.8) is 0 Å². The van der Waals surface area contributed by atoms with Crippen molar-refractivity contribution in [3.8, 4) is 0 Å². The molecule has 1 unspecified atom stereocenters. The molecule has 0 spiro atoms. The van der Waals surface area contributed by atoms with Crippen LogP contribution in [0.1, 0.15) is 0 Å². The third-order valence-electron chi connectivity index (χ3n) is 2.70. The Bertz CT molecular complexity index is 389. The summed E-state index contributed by atoms with van der Waals surface area (Å²) in [7, 11) is 0. The van der Waals surface area contributed by atoms with E-state index in [1.54, 1.807) is 0 Å². The van der Waals surface area contributed by atoms with Crippen LogP contribution in [0.5, 0.6) is 0 Å². The van der Waals surface area contributed by atoms with E-state index < -0.39 is 46.3 Å². The lowest BCUT2D eigenvalue weighted by atomic mass is 10.0. The summed E-state index contributed by atoms with van der Waals surface area (Å²) in [6.45, 7) is 0. The summed E-state index contributed by atoms with van der Waals surface area (Å²) in [4.78, 5) is -5.86. The Labute approximate surface area is 95.9 Å². The van der Waals surface area contributed by atoms with Gasteiger partial charge in [-0.15, -0.1) is 9.80 Å². The van der Waals surface area contributed by atoms with Crippen LogP contribution >= 0.6 is 0 Å². The smallest absolute Gasteiger partial charge is 0.221 e. The summed E-state index contributed by atoms with van der Waals surface area (Å²) >= 11 is 0. The Morgan fingerprint density at radius 2 is 0.895 bits per heavy atom. The SMILES string of the molecule is FC1N2C(F)(F)C(F)(F)N(C1(F)F)C(F)(F)C2(F)F. The molecule has 3 heterocycles. The molecule has 3 fully saturated rings. The van der Waals surface area contributed by atoms with Crippen molar-refractivity contribution in [1.82, 2.24) is 9.80 Å². The Kier molecular flexibility index (Phi) is 2.35. The molecule has 0 aromatic rings. The van der Waals surface area contributed by atoms with Gasteiger partial charge in [0, 0.05) is 0 Å². The summed E-state index contributed by atoms with van der Waals surface area (Å²) in [5.41, 5.74) is 0. The zero-order valence-corrected chi connectivity index (χ0v) is 8.13. The molecule has 0 aromatic heterocycles. The highest BCUT2D eigenvalue weighted by atomic mass is 19.3. The third kappa shape index (κ3) is 1.21. The summed E-state index contributed by atoms with van der Waals surface area (Å²) in [6.07, 6.45) is -4.74. The van der Waals surface area contributed by atoms with Gasteiger partial charge in [-0.3, -0.25) is 0 Å². The molecule has 13 heteroatoms. The minimum Gasteiger partial charge on any atom is -0.221 e. The Morgan fingerprint density at radius 3 is 1.16 bits per heavy atom. The van der Waals surface area contributed by atoms with Crippen LogP contribution in [0.4, 0.5) is 48.3 Å². The van der Waals surface area contributed by atoms with Crippen molar-refractivity contribution in [2.75, 3.05) is 0 Å². The topological polar surface area (TPSA) is 6.48 Å². The first kappa shape index (κ1) is 14.6. The monoisotopic (exact) mass is 310 g/mol. The first-order valence-corrected chi connectivity index (χ1v) is 4.27. The highest BCUT2D eigenvalue weighted by Gasteiger charge is 2.95. The lowest BCUT2D eigenvalue weighted by molar-refractivity contribution is -0.595. The zero-order valence-electron chi connectivity index (χ0n) is 8.13. The number of rotatable bonds is 0. The number of piperazine rings is 3. The maximum Gasteiger partial charge on any atom is 0.392 e. The van der Waals surface area contributed by atoms with Crippen LogP contribution in [0.25, 0.3) is 0 Å². The van der Waals surface area contributed by atoms with Crippen molar-refractivity contribution >= 4 is 0 Å². The van der Waals surface area contributed by atoms with Crippen molar-refractivity contribution in [1.29, 1.82) is 0 Å². The average Bonchev–Trinajstić information content (AvgIpc) is 2.10. The van der Waals surface area contributed by atoms with Crippen LogP contribution < -0.4 is 0 Å².